The number of benzene rings is 1. The largest absolute Gasteiger partial charge is 0.490 e. The van der Waals surface area contributed by atoms with Gasteiger partial charge in [0.1, 0.15) is 23.5 Å². The lowest BCUT2D eigenvalue weighted by Gasteiger charge is -2.12. The van der Waals surface area contributed by atoms with Gasteiger partial charge in [0, 0.05) is 18.7 Å². The summed E-state index contributed by atoms with van der Waals surface area (Å²) in [4.78, 5) is 4.99. The first kappa shape index (κ1) is 26.9. The van der Waals surface area contributed by atoms with E-state index >= 15 is 0 Å². The Bertz CT molecular complexity index is 686. The van der Waals surface area contributed by atoms with Crippen molar-refractivity contribution in [1.29, 1.82) is 0 Å². The van der Waals surface area contributed by atoms with E-state index in [2.05, 4.69) is 37.0 Å². The van der Waals surface area contributed by atoms with Gasteiger partial charge < -0.3 is 19.0 Å². The Balaban J connectivity index is 2.20. The molecule has 0 fully saturated rings. The zero-order valence-electron chi connectivity index (χ0n) is 15.2. The van der Waals surface area contributed by atoms with Crippen molar-refractivity contribution in [2.75, 3.05) is 33.0 Å². The normalized spacial score (nSPS) is 10.7. The van der Waals surface area contributed by atoms with Crippen molar-refractivity contribution in [3.05, 3.63) is 42.2 Å². The van der Waals surface area contributed by atoms with E-state index in [0.717, 1.165) is 16.2 Å². The van der Waals surface area contributed by atoms with Crippen molar-refractivity contribution in [2.45, 2.75) is 12.8 Å². The summed E-state index contributed by atoms with van der Waals surface area (Å²) in [5.41, 5.74) is 0. The van der Waals surface area contributed by atoms with Crippen LogP contribution < -0.4 is 9.47 Å². The average Bonchev–Trinajstić information content (AvgIpc) is 2.64. The Hall–Kier alpha value is -0.150. The first-order valence-electron chi connectivity index (χ1n) is 8.38. The molecule has 0 aromatic heterocycles. The number of unbranched alkanes of at least 4 members (excludes halogenated alkanes) is 1. The molecule has 0 spiro atoms. The lowest BCUT2D eigenvalue weighted by atomic mass is 10.3. The van der Waals surface area contributed by atoms with Crippen LogP contribution in [-0.4, -0.2) is 39.2 Å². The maximum absolute atomic E-state index is 6.21. The molecule has 0 saturated carbocycles. The van der Waals surface area contributed by atoms with Gasteiger partial charge in [-0.1, -0.05) is 51.6 Å². The Morgan fingerprint density at radius 3 is 2.28 bits per heavy atom. The van der Waals surface area contributed by atoms with Crippen molar-refractivity contribution in [3.8, 4) is 11.5 Å². The van der Waals surface area contributed by atoms with Gasteiger partial charge in [-0.05, 0) is 56.9 Å². The molecule has 1 rings (SSSR count). The van der Waals surface area contributed by atoms with Gasteiger partial charge >= 0.3 is 0 Å². The lowest BCUT2D eigenvalue weighted by molar-refractivity contribution is 0.150. The second-order valence-electron chi connectivity index (χ2n) is 5.23. The summed E-state index contributed by atoms with van der Waals surface area (Å²) in [6.07, 6.45) is 6.45. The third kappa shape index (κ3) is 13.7. The van der Waals surface area contributed by atoms with E-state index in [9.17, 15) is 0 Å². The number of oxime groups is 1. The Morgan fingerprint density at radius 2 is 1.62 bits per heavy atom. The van der Waals surface area contributed by atoms with E-state index in [4.69, 9.17) is 65.5 Å². The zero-order valence-corrected chi connectivity index (χ0v) is 21.4. The fourth-order valence-electron chi connectivity index (χ4n) is 1.80. The average molecular weight is 615 g/mol. The smallest absolute Gasteiger partial charge is 0.156 e. The first-order chi connectivity index (χ1) is 13.9. The zero-order chi connectivity index (χ0) is 21.5. The highest BCUT2D eigenvalue weighted by molar-refractivity contribution is 9.28. The minimum atomic E-state index is 0.128. The fourth-order valence-corrected chi connectivity index (χ4v) is 2.77. The van der Waals surface area contributed by atoms with Crippen molar-refractivity contribution < 1.29 is 19.0 Å². The first-order valence-corrected chi connectivity index (χ1v) is 11.5. The van der Waals surface area contributed by atoms with Crippen LogP contribution in [0.1, 0.15) is 12.8 Å². The van der Waals surface area contributed by atoms with Crippen LogP contribution >= 0.6 is 78.3 Å². The number of hydrogen-bond acceptors (Lipinski definition) is 5. The van der Waals surface area contributed by atoms with Crippen LogP contribution in [0.25, 0.3) is 0 Å². The molecular formula is C18H19Br2Cl4NO4. The predicted molar refractivity (Wildman–Crippen MR) is 128 cm³/mol. The summed E-state index contributed by atoms with van der Waals surface area (Å²) in [5, 5.41) is 4.48. The van der Waals surface area contributed by atoms with E-state index in [0.29, 0.717) is 48.0 Å². The highest BCUT2D eigenvalue weighted by Gasteiger charge is 2.10. The van der Waals surface area contributed by atoms with Gasteiger partial charge in [0.2, 0.25) is 0 Å². The molecule has 0 amide bonds. The molecule has 0 aliphatic heterocycles. The van der Waals surface area contributed by atoms with Crippen LogP contribution in [0, 0.1) is 0 Å². The standard InChI is InChI=1S/C18H19Br2Cl4NO4/c19-16(20)3-9-29-25-5-10-26-6-1-2-7-28-18-14(21)11-13(12-15(18)22)27-8-4-17(23)24/h3-5,11-12H,1-2,6-10H2/b25-5+. The number of ether oxygens (including phenoxy) is 3. The molecule has 0 radical (unpaired) electrons. The van der Waals surface area contributed by atoms with Crippen molar-refractivity contribution in [1.82, 2.24) is 0 Å². The highest BCUT2D eigenvalue weighted by Crippen LogP contribution is 2.37. The Kier molecular flexibility index (Phi) is 15.3. The van der Waals surface area contributed by atoms with E-state index in [-0.39, 0.29) is 11.1 Å². The van der Waals surface area contributed by atoms with Gasteiger partial charge in [-0.2, -0.15) is 0 Å². The fraction of sp³-hybridized carbons (Fsp3) is 0.389. The van der Waals surface area contributed by atoms with Gasteiger partial charge in [-0.25, -0.2) is 0 Å². The third-order valence-corrected chi connectivity index (χ3v) is 4.56. The summed E-state index contributed by atoms with van der Waals surface area (Å²) >= 11 is 29.9. The minimum Gasteiger partial charge on any atom is -0.490 e. The number of nitrogens with zero attached hydrogens (tertiary/aromatic N) is 1. The maximum Gasteiger partial charge on any atom is 0.156 e. The Labute approximate surface area is 207 Å². The second kappa shape index (κ2) is 16.5. The second-order valence-corrected chi connectivity index (χ2v) is 9.82. The molecule has 0 heterocycles. The summed E-state index contributed by atoms with van der Waals surface area (Å²) in [7, 11) is 0. The maximum atomic E-state index is 6.21. The van der Waals surface area contributed by atoms with Crippen LogP contribution in [0.3, 0.4) is 0 Å². The molecule has 1 aromatic carbocycles. The van der Waals surface area contributed by atoms with E-state index in [1.54, 1.807) is 24.4 Å². The molecule has 0 atom stereocenters. The molecule has 0 saturated heterocycles. The number of halogens is 6. The van der Waals surface area contributed by atoms with E-state index in [1.165, 1.54) is 6.08 Å². The van der Waals surface area contributed by atoms with Gasteiger partial charge in [0.15, 0.2) is 5.75 Å². The molecule has 1 aromatic rings. The van der Waals surface area contributed by atoms with Gasteiger partial charge in [-0.15, -0.1) is 0 Å². The quantitative estimate of drug-likeness (QED) is 0.124. The van der Waals surface area contributed by atoms with E-state index < -0.39 is 0 Å². The molecular weight excluding hydrogens is 596 g/mol. The van der Waals surface area contributed by atoms with Crippen LogP contribution in [0.15, 0.2) is 37.3 Å². The predicted octanol–water partition coefficient (Wildman–Crippen LogP) is 7.50. The monoisotopic (exact) mass is 611 g/mol. The molecule has 11 heteroatoms. The van der Waals surface area contributed by atoms with Gasteiger partial charge in [-0.3, -0.25) is 0 Å². The molecule has 0 unspecified atom stereocenters. The number of hydrogen-bond donors (Lipinski definition) is 0. The third-order valence-electron chi connectivity index (χ3n) is 3.04. The van der Waals surface area contributed by atoms with Gasteiger partial charge in [0.05, 0.1) is 32.9 Å². The molecule has 0 bridgehead atoms. The van der Waals surface area contributed by atoms with Crippen LogP contribution in [0.5, 0.6) is 11.5 Å². The molecule has 5 nitrogen and oxygen atoms in total. The molecule has 162 valence electrons. The topological polar surface area (TPSA) is 49.3 Å². The summed E-state index contributed by atoms with van der Waals surface area (Å²) < 4.78 is 17.5. The number of rotatable bonds is 14. The Morgan fingerprint density at radius 1 is 0.931 bits per heavy atom. The van der Waals surface area contributed by atoms with Crippen LogP contribution in [0.4, 0.5) is 0 Å². The van der Waals surface area contributed by atoms with E-state index in [1.807, 2.05) is 0 Å². The van der Waals surface area contributed by atoms with Crippen molar-refractivity contribution >= 4 is 84.5 Å². The highest BCUT2D eigenvalue weighted by atomic mass is 79.9. The van der Waals surface area contributed by atoms with Crippen molar-refractivity contribution in [2.24, 2.45) is 5.16 Å². The molecule has 0 aliphatic rings. The van der Waals surface area contributed by atoms with Crippen molar-refractivity contribution in [3.63, 3.8) is 0 Å². The van der Waals surface area contributed by atoms with Gasteiger partial charge in [0.25, 0.3) is 0 Å². The SMILES string of the molecule is ClC(Cl)=CCOc1cc(Cl)c(OCCCCOC/C=N/OCC=C(Br)Br)c(Cl)c1. The van der Waals surface area contributed by atoms with Crippen LogP contribution in [-0.2, 0) is 9.57 Å². The molecule has 0 aliphatic carbocycles. The molecule has 29 heavy (non-hydrogen) atoms. The lowest BCUT2D eigenvalue weighted by Crippen LogP contribution is -2.03. The summed E-state index contributed by atoms with van der Waals surface area (Å²) in [6, 6.07) is 3.24. The van der Waals surface area contributed by atoms with Crippen LogP contribution in [0.2, 0.25) is 10.0 Å². The molecule has 0 N–H and O–H groups in total. The summed E-state index contributed by atoms with van der Waals surface area (Å²) in [5.74, 6) is 0.911. The summed E-state index contributed by atoms with van der Waals surface area (Å²) in [6.45, 7) is 1.99. The minimum absolute atomic E-state index is 0.128.